The van der Waals surface area contributed by atoms with Gasteiger partial charge in [0.1, 0.15) is 0 Å². The van der Waals surface area contributed by atoms with Crippen molar-refractivity contribution in [2.75, 3.05) is 0 Å². The van der Waals surface area contributed by atoms with Crippen LogP contribution < -0.4 is 0 Å². The third kappa shape index (κ3) is 1.80. The van der Waals surface area contributed by atoms with Crippen molar-refractivity contribution >= 4 is 10.8 Å². The summed E-state index contributed by atoms with van der Waals surface area (Å²) in [5.74, 6) is 0.516. The van der Waals surface area contributed by atoms with E-state index in [0.717, 1.165) is 19.3 Å². The molecule has 0 heterocycles. The molecule has 100 valence electrons. The molecule has 1 heteroatoms. The van der Waals surface area contributed by atoms with E-state index in [-0.39, 0.29) is 11.5 Å². The van der Waals surface area contributed by atoms with E-state index in [1.54, 1.807) is 0 Å². The summed E-state index contributed by atoms with van der Waals surface area (Å²) in [5.41, 5.74) is 1.50. The van der Waals surface area contributed by atoms with E-state index in [4.69, 9.17) is 0 Å². The predicted molar refractivity (Wildman–Crippen MR) is 80.3 cm³/mol. The van der Waals surface area contributed by atoms with Crippen LogP contribution in [0.3, 0.4) is 0 Å². The molecule has 1 nitrogen and oxygen atoms in total. The first-order valence-electron chi connectivity index (χ1n) is 7.38. The standard InChI is InChI=1S/C18H22O/c1-3-18(4-2)16(12-17(18)19)15-10-9-13-7-5-6-8-14(13)11-15/h5-11,16-17,19H,3-4,12H2,1-2H3. The molecule has 0 saturated heterocycles. The van der Waals surface area contributed by atoms with Crippen LogP contribution in [-0.2, 0) is 0 Å². The Kier molecular flexibility index (Phi) is 3.10. The van der Waals surface area contributed by atoms with Crippen LogP contribution in [0.4, 0.5) is 0 Å². The molecule has 0 radical (unpaired) electrons. The summed E-state index contributed by atoms with van der Waals surface area (Å²) in [5, 5.41) is 12.8. The smallest absolute Gasteiger partial charge is 0.0608 e. The first-order chi connectivity index (χ1) is 9.21. The van der Waals surface area contributed by atoms with Crippen molar-refractivity contribution in [2.24, 2.45) is 5.41 Å². The molecule has 2 atom stereocenters. The second kappa shape index (κ2) is 4.64. The molecule has 0 aromatic heterocycles. The minimum Gasteiger partial charge on any atom is -0.393 e. The van der Waals surface area contributed by atoms with Gasteiger partial charge in [-0.05, 0) is 41.5 Å². The Morgan fingerprint density at radius 2 is 1.74 bits per heavy atom. The van der Waals surface area contributed by atoms with E-state index in [1.165, 1.54) is 16.3 Å². The lowest BCUT2D eigenvalue weighted by Gasteiger charge is -2.54. The number of hydrogen-bond donors (Lipinski definition) is 1. The van der Waals surface area contributed by atoms with Gasteiger partial charge in [-0.25, -0.2) is 0 Å². The number of aliphatic hydroxyl groups is 1. The van der Waals surface area contributed by atoms with Crippen molar-refractivity contribution in [2.45, 2.75) is 45.1 Å². The van der Waals surface area contributed by atoms with E-state index in [9.17, 15) is 5.11 Å². The average Bonchev–Trinajstić information content (AvgIpc) is 2.45. The maximum atomic E-state index is 10.2. The monoisotopic (exact) mass is 254 g/mol. The summed E-state index contributed by atoms with van der Waals surface area (Å²) in [6, 6.07) is 15.3. The van der Waals surface area contributed by atoms with Gasteiger partial charge in [-0.3, -0.25) is 0 Å². The van der Waals surface area contributed by atoms with Crippen molar-refractivity contribution in [1.29, 1.82) is 0 Å². The van der Waals surface area contributed by atoms with Gasteiger partial charge in [-0.2, -0.15) is 0 Å². The average molecular weight is 254 g/mol. The van der Waals surface area contributed by atoms with Crippen LogP contribution in [0.2, 0.25) is 0 Å². The molecule has 2 aromatic rings. The van der Waals surface area contributed by atoms with E-state index in [0.29, 0.717) is 5.92 Å². The zero-order valence-corrected chi connectivity index (χ0v) is 11.8. The summed E-state index contributed by atoms with van der Waals surface area (Å²) in [6.45, 7) is 4.42. The number of aliphatic hydroxyl groups excluding tert-OH is 1. The molecule has 1 aliphatic carbocycles. The molecule has 19 heavy (non-hydrogen) atoms. The van der Waals surface area contributed by atoms with Gasteiger partial charge in [-0.1, -0.05) is 56.3 Å². The lowest BCUT2D eigenvalue weighted by molar-refractivity contribution is -0.0931. The van der Waals surface area contributed by atoms with Crippen molar-refractivity contribution < 1.29 is 5.11 Å². The second-order valence-corrected chi connectivity index (χ2v) is 5.85. The second-order valence-electron chi connectivity index (χ2n) is 5.85. The highest BCUT2D eigenvalue weighted by Crippen LogP contribution is 2.57. The molecular weight excluding hydrogens is 232 g/mol. The number of rotatable bonds is 3. The zero-order valence-electron chi connectivity index (χ0n) is 11.8. The summed E-state index contributed by atoms with van der Waals surface area (Å²) in [4.78, 5) is 0. The van der Waals surface area contributed by atoms with Crippen LogP contribution in [0.1, 0.15) is 44.6 Å². The molecule has 1 saturated carbocycles. The molecule has 2 unspecified atom stereocenters. The lowest BCUT2D eigenvalue weighted by atomic mass is 9.53. The molecule has 1 fully saturated rings. The maximum Gasteiger partial charge on any atom is 0.0608 e. The fraction of sp³-hybridized carbons (Fsp3) is 0.444. The fourth-order valence-corrected chi connectivity index (χ4v) is 3.87. The van der Waals surface area contributed by atoms with Gasteiger partial charge in [0.05, 0.1) is 6.10 Å². The molecule has 0 bridgehead atoms. The molecule has 0 amide bonds. The molecule has 2 aromatic carbocycles. The third-order valence-electron chi connectivity index (χ3n) is 5.31. The highest BCUT2D eigenvalue weighted by atomic mass is 16.3. The highest BCUT2D eigenvalue weighted by Gasteiger charge is 2.52. The van der Waals surface area contributed by atoms with Crippen molar-refractivity contribution in [3.8, 4) is 0 Å². The third-order valence-corrected chi connectivity index (χ3v) is 5.31. The Morgan fingerprint density at radius 1 is 1.05 bits per heavy atom. The number of fused-ring (bicyclic) bond motifs is 1. The van der Waals surface area contributed by atoms with Crippen LogP contribution in [0.25, 0.3) is 10.8 Å². The molecule has 1 N–H and O–H groups in total. The SMILES string of the molecule is CCC1(CC)C(O)CC1c1ccc2ccccc2c1. The zero-order chi connectivity index (χ0) is 13.5. The normalized spacial score (nSPS) is 25.2. The molecule has 3 rings (SSSR count). The summed E-state index contributed by atoms with van der Waals surface area (Å²) >= 11 is 0. The highest BCUT2D eigenvalue weighted by molar-refractivity contribution is 5.83. The minimum atomic E-state index is -0.126. The van der Waals surface area contributed by atoms with Crippen LogP contribution in [0.5, 0.6) is 0 Å². The van der Waals surface area contributed by atoms with Crippen molar-refractivity contribution in [3.05, 3.63) is 48.0 Å². The summed E-state index contributed by atoms with van der Waals surface area (Å²) in [6.07, 6.45) is 2.91. The minimum absolute atomic E-state index is 0.0997. The lowest BCUT2D eigenvalue weighted by Crippen LogP contribution is -2.50. The van der Waals surface area contributed by atoms with E-state index >= 15 is 0 Å². The van der Waals surface area contributed by atoms with Gasteiger partial charge in [0.25, 0.3) is 0 Å². The van der Waals surface area contributed by atoms with Gasteiger partial charge in [0.15, 0.2) is 0 Å². The quantitative estimate of drug-likeness (QED) is 0.855. The fourth-order valence-electron chi connectivity index (χ4n) is 3.87. The maximum absolute atomic E-state index is 10.2. The van der Waals surface area contributed by atoms with Crippen LogP contribution in [-0.4, -0.2) is 11.2 Å². The van der Waals surface area contributed by atoms with E-state index in [2.05, 4.69) is 56.3 Å². The first-order valence-corrected chi connectivity index (χ1v) is 7.38. The Labute approximate surface area is 115 Å². The Balaban J connectivity index is 2.01. The Hall–Kier alpha value is -1.34. The summed E-state index contributed by atoms with van der Waals surface area (Å²) in [7, 11) is 0. The van der Waals surface area contributed by atoms with Crippen molar-refractivity contribution in [1.82, 2.24) is 0 Å². The Morgan fingerprint density at radius 3 is 2.37 bits per heavy atom. The van der Waals surface area contributed by atoms with Crippen LogP contribution >= 0.6 is 0 Å². The van der Waals surface area contributed by atoms with Crippen molar-refractivity contribution in [3.63, 3.8) is 0 Å². The molecular formula is C18H22O. The molecule has 1 aliphatic rings. The van der Waals surface area contributed by atoms with E-state index in [1.807, 2.05) is 0 Å². The van der Waals surface area contributed by atoms with Crippen LogP contribution in [0.15, 0.2) is 42.5 Å². The largest absolute Gasteiger partial charge is 0.393 e. The van der Waals surface area contributed by atoms with E-state index < -0.39 is 0 Å². The van der Waals surface area contributed by atoms with Gasteiger partial charge in [0, 0.05) is 5.41 Å². The van der Waals surface area contributed by atoms with Gasteiger partial charge in [-0.15, -0.1) is 0 Å². The Bertz CT molecular complexity index is 583. The van der Waals surface area contributed by atoms with Crippen LogP contribution in [0, 0.1) is 5.41 Å². The number of benzene rings is 2. The first kappa shape index (κ1) is 12.7. The molecule has 0 aliphatic heterocycles. The van der Waals surface area contributed by atoms with Gasteiger partial charge >= 0.3 is 0 Å². The summed E-state index contributed by atoms with van der Waals surface area (Å²) < 4.78 is 0. The number of hydrogen-bond acceptors (Lipinski definition) is 1. The molecule has 0 spiro atoms. The van der Waals surface area contributed by atoms with Gasteiger partial charge < -0.3 is 5.11 Å². The topological polar surface area (TPSA) is 20.2 Å². The van der Waals surface area contributed by atoms with Gasteiger partial charge in [0.2, 0.25) is 0 Å². The predicted octanol–water partition coefficient (Wildman–Crippen LogP) is 4.49.